The second kappa shape index (κ2) is 42.1. The van der Waals surface area contributed by atoms with Crippen LogP contribution in [0.1, 0.15) is 50.2 Å². The van der Waals surface area contributed by atoms with Crippen molar-refractivity contribution < 1.29 is 52.1 Å². The van der Waals surface area contributed by atoms with Gasteiger partial charge in [0.25, 0.3) is 0 Å². The second-order valence-corrected chi connectivity index (χ2v) is 27.1. The Bertz CT molecular complexity index is 5180. The third kappa shape index (κ3) is 24.9. The summed E-state index contributed by atoms with van der Waals surface area (Å²) < 4.78 is 87.8. The van der Waals surface area contributed by atoms with Gasteiger partial charge in [-0.15, -0.1) is 12.1 Å². The Morgan fingerprint density at radius 2 is 0.750 bits per heavy atom. The Balaban J connectivity index is 0.000000236. The van der Waals surface area contributed by atoms with Crippen LogP contribution in [0.5, 0.6) is 0 Å². The molecule has 11 aromatic heterocycles. The van der Waals surface area contributed by atoms with Crippen molar-refractivity contribution in [3.63, 3.8) is 0 Å². The van der Waals surface area contributed by atoms with Crippen LogP contribution < -0.4 is 15.5 Å². The van der Waals surface area contributed by atoms with Crippen LogP contribution in [0.15, 0.2) is 244 Å². The standard InChI is InChI=1S/C24H16Cl2F3N7.C24H14Cl2F3N7.C9H8BrN3.C6H5Cl2N.C5H3Br2N.C5H7N.2CH4.FH.Pt/c2*1-15-11-13-34(32-15)19-7-3-9-21(30-19)36(23-16(25)5-2-6-17(23)26)22-10-4-8-20(31-22)35-14-12-18(33-35)24(27,28)29;1-7-5-6-13(12-7)9-4-2-3-8(10)11-9;7-4-2-1-3-5(8)6(4)9;6-4-2-1-3-5(7)8-4;1-5-3-2-4-6-5;;;;/h2-14H,1H3;2-12H,1H3;2-6H,1H3;1-3H,9H2;1-3H;2-3H,4H2,1H3;2*1H4;1H;/q;-2;;;;;;;;+2. The molecule has 0 radical (unpaired) electrons. The quantitative estimate of drug-likeness (QED) is 0.0553. The van der Waals surface area contributed by atoms with Gasteiger partial charge in [0.05, 0.1) is 82.5 Å². The normalized spacial score (nSPS) is 11.1. The van der Waals surface area contributed by atoms with Gasteiger partial charge >= 0.3 is 33.4 Å². The number of hydrogen-bond acceptors (Lipinski definition) is 15. The second-order valence-electron chi connectivity index (χ2n) is 22.2. The maximum absolute atomic E-state index is 13.1. The van der Waals surface area contributed by atoms with Crippen molar-refractivity contribution in [2.75, 3.05) is 22.1 Å². The molecule has 14 aromatic rings. The number of nitrogens with zero attached hydrogens (tertiary/aromatic N) is 19. The minimum atomic E-state index is -4.61. The fourth-order valence-electron chi connectivity index (χ4n) is 9.35. The average Bonchev–Trinajstić information content (AvgIpc) is 1.62. The van der Waals surface area contributed by atoms with Gasteiger partial charge in [-0.3, -0.25) is 39.7 Å². The number of pyridine rings is 6. The number of nitrogens with two attached hydrogens (primary N) is 1. The van der Waals surface area contributed by atoms with Crippen LogP contribution in [0.2, 0.25) is 30.1 Å². The molecule has 0 spiro atoms. The van der Waals surface area contributed by atoms with E-state index in [2.05, 4.69) is 122 Å². The molecule has 0 fully saturated rings. The zero-order valence-corrected chi connectivity index (χ0v) is 68.6. The zero-order chi connectivity index (χ0) is 77.4. The van der Waals surface area contributed by atoms with Crippen LogP contribution in [-0.2, 0) is 33.4 Å². The first-order chi connectivity index (χ1) is 51.6. The van der Waals surface area contributed by atoms with Crippen molar-refractivity contribution in [1.82, 2.24) is 78.8 Å². The van der Waals surface area contributed by atoms with Gasteiger partial charge < -0.3 is 15.1 Å². The van der Waals surface area contributed by atoms with Crippen LogP contribution in [0.25, 0.3) is 29.1 Å². The first-order valence-electron chi connectivity index (χ1n) is 31.4. The van der Waals surface area contributed by atoms with Crippen molar-refractivity contribution >= 4 is 163 Å². The summed E-state index contributed by atoms with van der Waals surface area (Å²) in [6, 6.07) is 53.9. The summed E-state index contributed by atoms with van der Waals surface area (Å²) >= 11 is 47.2. The number of aryl methyl sites for hydroxylation is 3. The molecule has 3 aromatic carbocycles. The van der Waals surface area contributed by atoms with Crippen LogP contribution in [0.3, 0.4) is 0 Å². The summed E-state index contributed by atoms with van der Waals surface area (Å²) in [5, 5.41) is 22.5. The molecular weight excluding hydrogens is 1960 g/mol. The molecule has 12 heterocycles. The maximum atomic E-state index is 13.1. The summed E-state index contributed by atoms with van der Waals surface area (Å²) in [6.45, 7) is 8.55. The first-order valence-corrected chi connectivity index (χ1v) is 36.0. The van der Waals surface area contributed by atoms with Gasteiger partial charge in [0.15, 0.2) is 23.1 Å². The zero-order valence-electron chi connectivity index (χ0n) is 57.0. The van der Waals surface area contributed by atoms with Crippen molar-refractivity contribution in [1.29, 1.82) is 0 Å². The molecule has 0 bridgehead atoms. The third-order valence-corrected chi connectivity index (χ3v) is 17.4. The van der Waals surface area contributed by atoms with Gasteiger partial charge in [0, 0.05) is 24.3 Å². The van der Waals surface area contributed by atoms with Crippen molar-refractivity contribution in [2.45, 2.75) is 54.9 Å². The van der Waals surface area contributed by atoms with Crippen LogP contribution in [-0.4, -0.2) is 91.1 Å². The van der Waals surface area contributed by atoms with E-state index in [4.69, 9.17) is 80.3 Å². The smallest absolute Gasteiger partial charge is 0.396 e. The average molecular weight is 2020 g/mol. The molecule has 20 nitrogen and oxygen atoms in total. The van der Waals surface area contributed by atoms with Gasteiger partial charge in [-0.05, 0) is 196 Å². The van der Waals surface area contributed by atoms with E-state index in [1.54, 1.807) is 153 Å². The Morgan fingerprint density at radius 1 is 0.402 bits per heavy atom. The number of hydrogen-bond donors (Lipinski definition) is 1. The van der Waals surface area contributed by atoms with Crippen LogP contribution in [0, 0.1) is 33.2 Å². The topological polar surface area (TPSA) is 211 Å². The molecule has 37 heteroatoms. The molecule has 1 aliphatic heterocycles. The minimum Gasteiger partial charge on any atom is -0.396 e. The predicted octanol–water partition coefficient (Wildman–Crippen LogP) is 23.5. The van der Waals surface area contributed by atoms with E-state index in [1.165, 1.54) is 16.9 Å². The van der Waals surface area contributed by atoms with E-state index in [-0.39, 0.29) is 58.1 Å². The Kier molecular flexibility index (Phi) is 34.4. The molecule has 1 aliphatic rings. The van der Waals surface area contributed by atoms with Crippen molar-refractivity contribution in [3.05, 3.63) is 310 Å². The predicted molar refractivity (Wildman–Crippen MR) is 436 cm³/mol. The number of benzene rings is 3. The molecule has 0 saturated heterocycles. The molecule has 112 heavy (non-hydrogen) atoms. The number of anilines is 7. The Hall–Kier alpha value is -9.20. The summed E-state index contributed by atoms with van der Waals surface area (Å²) in [4.78, 5) is 34.0. The Morgan fingerprint density at radius 3 is 1.07 bits per heavy atom. The largest absolute Gasteiger partial charge is 2.00 e. The number of rotatable bonds is 11. The first kappa shape index (κ1) is 91.7. The van der Waals surface area contributed by atoms with Gasteiger partial charge in [0.1, 0.15) is 37.1 Å². The maximum Gasteiger partial charge on any atom is 2.00 e. The summed E-state index contributed by atoms with van der Waals surface area (Å²) in [7, 11) is 0. The van der Waals surface area contributed by atoms with Crippen molar-refractivity contribution in [3.8, 4) is 29.1 Å². The number of aliphatic imine (C=N–C) groups is 1. The Labute approximate surface area is 709 Å². The van der Waals surface area contributed by atoms with Crippen LogP contribution >= 0.6 is 117 Å². The molecule has 0 atom stereocenters. The molecule has 0 saturated carbocycles. The van der Waals surface area contributed by atoms with Gasteiger partial charge in [0.2, 0.25) is 0 Å². The van der Waals surface area contributed by atoms with E-state index in [0.29, 0.717) is 76.3 Å². The molecule has 0 amide bonds. The summed E-state index contributed by atoms with van der Waals surface area (Å²) in [5.74, 6) is 3.48. The summed E-state index contributed by atoms with van der Waals surface area (Å²) in [5.41, 5.74) is 8.26. The van der Waals surface area contributed by atoms with E-state index in [9.17, 15) is 26.3 Å². The number of allylic oxidation sites excluding steroid dienone is 1. The number of halogens is 16. The molecule has 0 unspecified atom stereocenters. The minimum absolute atomic E-state index is 0. The number of alkyl halides is 6. The van der Waals surface area contributed by atoms with E-state index < -0.39 is 23.7 Å². The van der Waals surface area contributed by atoms with Gasteiger partial charge in [-0.1, -0.05) is 177 Å². The molecule has 584 valence electrons. The number of nitrogen functional groups attached to an aromatic ring is 1. The van der Waals surface area contributed by atoms with Gasteiger partial charge in [-0.25, -0.2) is 34.0 Å². The molecule has 15 rings (SSSR count). The monoisotopic (exact) mass is 2020 g/mol. The fraction of sp³-hybridized carbons (Fsp3) is 0.120. The summed E-state index contributed by atoms with van der Waals surface area (Å²) in [6.07, 6.45) is 5.20. The van der Waals surface area contributed by atoms with Crippen LogP contribution in [0.4, 0.5) is 71.4 Å². The van der Waals surface area contributed by atoms with Gasteiger partial charge in [-0.2, -0.15) is 41.6 Å². The molecule has 0 aliphatic carbocycles. The molecular formula is C75H62Br3Cl6F7N20Pt. The number of para-hydroxylation sites is 3. The van der Waals surface area contributed by atoms with E-state index >= 15 is 0 Å². The molecule has 2 N–H and O–H groups in total. The SMILES string of the molecule is Brc1cccc(Br)n1.C.C.CC1=NCC=C1.Cc1c[c-]n(-c2cccc(N(c3cccc(-n4[c-]cc(C(F)(F)F)n4)n3)c3c(Cl)cccc3Cl)n2)n1.Cc1ccn(-c2cccc(Br)n2)n1.Cc1ccn(-c2cccc(N(c3cccc(-n4ccc(C(F)(F)F)n4)n3)c3c(Cl)cccc3Cl)n2)n1.F.Nc1c(Cl)cccc1Cl.[Pt+2]. The van der Waals surface area contributed by atoms with Crippen molar-refractivity contribution in [2.24, 2.45) is 4.99 Å². The van der Waals surface area contributed by atoms with E-state index in [1.807, 2.05) is 88.5 Å². The fourth-order valence-corrected chi connectivity index (χ4v) is 12.1. The van der Waals surface area contributed by atoms with E-state index in [0.717, 1.165) is 70.5 Å². The number of aromatic nitrogens is 16. The third-order valence-electron chi connectivity index (χ3n) is 14.2.